The minimum Gasteiger partial charge on any atom is -0.481 e. The highest BCUT2D eigenvalue weighted by molar-refractivity contribution is 8.00. The smallest absolute Gasteiger partial charge is 0.327 e. The van der Waals surface area contributed by atoms with Gasteiger partial charge in [-0.1, -0.05) is 79.9 Å². The van der Waals surface area contributed by atoms with E-state index in [-0.39, 0.29) is 89.9 Å². The van der Waals surface area contributed by atoms with Crippen molar-refractivity contribution in [2.75, 3.05) is 38.5 Å². The van der Waals surface area contributed by atoms with Crippen molar-refractivity contribution in [1.82, 2.24) is 68.4 Å². The van der Waals surface area contributed by atoms with Crippen molar-refractivity contribution in [2.45, 2.75) is 208 Å². The molecule has 3 rings (SSSR count). The highest BCUT2D eigenvalue weighted by atomic mass is 32.2. The van der Waals surface area contributed by atoms with E-state index in [4.69, 9.17) is 5.11 Å². The lowest BCUT2D eigenvalue weighted by molar-refractivity contribution is -0.166. The van der Waals surface area contributed by atoms with Crippen LogP contribution in [0.1, 0.15) is 153 Å². The highest BCUT2D eigenvalue weighted by Gasteiger charge is 2.41. The van der Waals surface area contributed by atoms with E-state index in [2.05, 4.69) is 37.2 Å². The minimum absolute atomic E-state index is 0.000135. The van der Waals surface area contributed by atoms with E-state index in [0.717, 1.165) is 4.90 Å². The van der Waals surface area contributed by atoms with Gasteiger partial charge < -0.3 is 99.0 Å². The number of hydrogen-bond acceptors (Lipinski definition) is 22. The molecule has 19 N–H and O–H groups in total. The number of rotatable bonds is 57. The van der Waals surface area contributed by atoms with Crippen molar-refractivity contribution in [3.63, 3.8) is 0 Å². The Labute approximate surface area is 651 Å². The second-order valence-electron chi connectivity index (χ2n) is 26.3. The lowest BCUT2D eigenvalue weighted by atomic mass is 10.0. The van der Waals surface area contributed by atoms with Crippen molar-refractivity contribution >= 4 is 130 Å². The molecule has 0 spiro atoms. The number of likely N-dealkylation sites (tertiary alicyclic amines) is 1. The van der Waals surface area contributed by atoms with Crippen molar-refractivity contribution in [2.24, 2.45) is 0 Å². The maximum absolute atomic E-state index is 14.4. The van der Waals surface area contributed by atoms with Crippen molar-refractivity contribution in [1.29, 1.82) is 0 Å². The second-order valence-corrected chi connectivity index (χ2v) is 27.5. The lowest BCUT2D eigenvalue weighted by Crippen LogP contribution is -2.60. The minimum atomic E-state index is -2.28. The molecule has 0 saturated carbocycles. The van der Waals surface area contributed by atoms with E-state index in [1.165, 1.54) is 6.92 Å². The Morgan fingerprint density at radius 3 is 1.33 bits per heavy atom. The summed E-state index contributed by atoms with van der Waals surface area (Å²) < 4.78 is 0. The zero-order valence-electron chi connectivity index (χ0n) is 62.0. The monoisotopic (exact) mass is 1610 g/mol. The third-order valence-electron chi connectivity index (χ3n) is 17.0. The van der Waals surface area contributed by atoms with E-state index in [1.54, 1.807) is 60.7 Å². The molecule has 2 aromatic carbocycles. The Hall–Kier alpha value is -11.8. The molecule has 0 aliphatic carbocycles. The number of imide groups is 1. The number of Topliss-reactive ketones (excluding diaryl/α,β-unsaturated/α-hetero) is 1. The third kappa shape index (κ3) is 39.6. The molecular formula is C71H99N13O28S. The molecule has 14 amide bonds. The summed E-state index contributed by atoms with van der Waals surface area (Å²) in [6, 6.07) is 0.125. The number of amides is 14. The summed E-state index contributed by atoms with van der Waals surface area (Å²) in [5, 5.41) is 102. The topological polar surface area (TPSA) is 642 Å². The number of carboxylic acid groups (broad SMARTS) is 7. The van der Waals surface area contributed by atoms with E-state index >= 15 is 0 Å². The summed E-state index contributed by atoms with van der Waals surface area (Å²) >= 11 is 0.607. The van der Waals surface area contributed by atoms with E-state index in [0.29, 0.717) is 85.7 Å². The Bertz CT molecular complexity index is 3650. The molecule has 1 unspecified atom stereocenters. The summed E-state index contributed by atoms with van der Waals surface area (Å²) in [5.41, 5.74) is 0.995. The predicted octanol–water partition coefficient (Wildman–Crippen LogP) is -1.11. The SMILES string of the molecule is CC(=O)CCC(=O)N(O)CCCCCNC(=O)CCN1C(=O)CC(SC[C@H](NC(=O)[C@H](CC(=O)O)NC(=O)[C@H](CC(=O)O)NC(=O)[C@H](CC(=O)O)NC(=O)[C@H](Cc2ccccc2)NC(=O)[C@H](Cc2ccccc2)NC(=O)CCCCCCCNC(=O)NCCCC[C@H](NC(=O)N[C@@H](CCC(=O)O)C(=O)O)C(=O)O)C(=O)O)C1=O. The van der Waals surface area contributed by atoms with Crippen molar-refractivity contribution in [3.05, 3.63) is 71.8 Å². The maximum Gasteiger partial charge on any atom is 0.327 e. The first kappa shape index (κ1) is 95.4. The average molecular weight is 1610 g/mol. The molecule has 1 saturated heterocycles. The van der Waals surface area contributed by atoms with Crippen LogP contribution in [0.4, 0.5) is 9.59 Å². The number of hydrogen-bond donors (Lipinski definition) is 19. The molecule has 1 fully saturated rings. The average Bonchev–Trinajstić information content (AvgIpc) is 1.72. The molecule has 622 valence electrons. The first-order valence-electron chi connectivity index (χ1n) is 36.3. The zero-order chi connectivity index (χ0) is 84.1. The van der Waals surface area contributed by atoms with Gasteiger partial charge in [-0.25, -0.2) is 29.0 Å². The standard InChI is InChI=1S/C71H99N13O28S/c1-41(85)24-26-55(88)84(112)32-17-7-15-29-72-53(86)28-33-83-56(89)39-52(66(83)103)113-40-51(69(108)109)80-65(102)50(38-60(96)97)79-64(101)49(37-59(94)95)78-63(100)48(36-58(92)93)77-62(99)47(35-43-20-10-6-11-21-43)76-61(98)46(34-42-18-8-5-9-19-42)75-54(87)23-12-3-2-4-14-30-73-70(110)74-31-16-13-22-44(67(104)105)81-71(111)82-45(68(106)107)25-27-57(90)91/h5-6,8-11,18-21,44-52,112H,2-4,7,12-17,22-40H2,1H3,(H,72,86)(H,75,87)(H,76,98)(H,77,99)(H,78,100)(H,79,101)(H,80,102)(H,90,91)(H,92,93)(H,94,95)(H,96,97)(H,104,105)(H,106,107)(H,108,109)(H2,73,74,110)(H2,81,82,111)/t44-,45-,46-,47-,48-,49-,50-,51-,52?/m0/s1. The number of benzene rings is 2. The van der Waals surface area contributed by atoms with Crippen molar-refractivity contribution in [3.8, 4) is 0 Å². The van der Waals surface area contributed by atoms with Gasteiger partial charge in [-0.05, 0) is 75.8 Å². The van der Waals surface area contributed by atoms with Gasteiger partial charge in [0.05, 0.1) is 24.5 Å². The van der Waals surface area contributed by atoms with Gasteiger partial charge in [-0.2, -0.15) is 0 Å². The van der Waals surface area contributed by atoms with Crippen LogP contribution < -0.4 is 58.5 Å². The molecule has 2 aromatic rings. The van der Waals surface area contributed by atoms with E-state index in [9.17, 15) is 132 Å². The number of hydroxylamine groups is 2. The van der Waals surface area contributed by atoms with Crippen LogP contribution in [0.3, 0.4) is 0 Å². The van der Waals surface area contributed by atoms with E-state index < -0.39 is 211 Å². The first-order valence-corrected chi connectivity index (χ1v) is 37.3. The number of carboxylic acids is 7. The number of nitrogens with one attached hydrogen (secondary N) is 11. The van der Waals surface area contributed by atoms with Gasteiger partial charge in [0.25, 0.3) is 0 Å². The second kappa shape index (κ2) is 51.6. The fourth-order valence-corrected chi connectivity index (χ4v) is 12.1. The lowest BCUT2D eigenvalue weighted by Gasteiger charge is -2.27. The van der Waals surface area contributed by atoms with Crippen LogP contribution in [0.5, 0.6) is 0 Å². The maximum atomic E-state index is 14.4. The number of nitrogens with zero attached hydrogens (tertiary/aromatic N) is 2. The van der Waals surface area contributed by atoms with Gasteiger partial charge >= 0.3 is 53.8 Å². The first-order chi connectivity index (χ1) is 53.5. The number of carbonyl (C=O) groups excluding carboxylic acids is 13. The summed E-state index contributed by atoms with van der Waals surface area (Å²) in [4.78, 5) is 254. The van der Waals surface area contributed by atoms with Gasteiger partial charge in [0.1, 0.15) is 54.1 Å². The fourth-order valence-electron chi connectivity index (χ4n) is 11.0. The Kier molecular flexibility index (Phi) is 43.5. The van der Waals surface area contributed by atoms with Gasteiger partial charge in [0, 0.05) is 89.8 Å². The summed E-state index contributed by atoms with van der Waals surface area (Å²) in [7, 11) is 0. The molecule has 113 heavy (non-hydrogen) atoms. The number of carbonyl (C=O) groups is 20. The van der Waals surface area contributed by atoms with Crippen LogP contribution in [0, 0.1) is 0 Å². The number of urea groups is 2. The number of ketones is 1. The Morgan fingerprint density at radius 1 is 0.425 bits per heavy atom. The van der Waals surface area contributed by atoms with Crippen LogP contribution in [0.15, 0.2) is 60.7 Å². The molecule has 42 heteroatoms. The molecule has 41 nitrogen and oxygen atoms in total. The molecular weight excluding hydrogens is 1510 g/mol. The quantitative estimate of drug-likeness (QED) is 0.0162. The van der Waals surface area contributed by atoms with Crippen LogP contribution in [-0.2, 0) is 99.1 Å². The molecule has 1 aliphatic rings. The van der Waals surface area contributed by atoms with Crippen LogP contribution in [0.2, 0.25) is 0 Å². The number of unbranched alkanes of at least 4 members (excludes halogenated alkanes) is 7. The van der Waals surface area contributed by atoms with Gasteiger partial charge in [-0.15, -0.1) is 11.8 Å². The summed E-state index contributed by atoms with van der Waals surface area (Å²) in [5.74, 6) is -22.0. The largest absolute Gasteiger partial charge is 0.481 e. The van der Waals surface area contributed by atoms with Gasteiger partial charge in [0.15, 0.2) is 0 Å². The molecule has 0 radical (unpaired) electrons. The van der Waals surface area contributed by atoms with Crippen LogP contribution in [0.25, 0.3) is 0 Å². The predicted molar refractivity (Wildman–Crippen MR) is 393 cm³/mol. The Balaban J connectivity index is 1.61. The molecule has 1 heterocycles. The summed E-state index contributed by atoms with van der Waals surface area (Å²) in [6.07, 6.45) is -1.80. The fraction of sp³-hybridized carbons (Fsp3) is 0.549. The van der Waals surface area contributed by atoms with Gasteiger partial charge in [-0.3, -0.25) is 77.2 Å². The number of aliphatic carboxylic acids is 7. The van der Waals surface area contributed by atoms with Crippen LogP contribution >= 0.6 is 11.8 Å². The molecule has 0 aromatic heterocycles. The molecule has 0 bridgehead atoms. The van der Waals surface area contributed by atoms with Crippen LogP contribution in [-0.4, -0.2) is 262 Å². The normalized spacial score (nSPS) is 14.4. The summed E-state index contributed by atoms with van der Waals surface area (Å²) in [6.45, 7) is 1.54. The van der Waals surface area contributed by atoms with E-state index in [1.807, 2.05) is 21.3 Å². The zero-order valence-corrected chi connectivity index (χ0v) is 62.8. The number of thioether (sulfide) groups is 1. The molecule has 1 aliphatic heterocycles. The molecule has 9 atom stereocenters. The van der Waals surface area contributed by atoms with Gasteiger partial charge in [0.2, 0.25) is 59.1 Å². The van der Waals surface area contributed by atoms with Crippen molar-refractivity contribution < 1.29 is 137 Å². The highest BCUT2D eigenvalue weighted by Crippen LogP contribution is 2.26. The third-order valence-corrected chi connectivity index (χ3v) is 18.3. The Morgan fingerprint density at radius 2 is 0.850 bits per heavy atom.